The summed E-state index contributed by atoms with van der Waals surface area (Å²) in [6.07, 6.45) is -3.17. The van der Waals surface area contributed by atoms with Crippen molar-refractivity contribution in [1.82, 2.24) is 10.2 Å². The molecule has 0 unspecified atom stereocenters. The minimum absolute atomic E-state index is 0.00535. The van der Waals surface area contributed by atoms with Crippen molar-refractivity contribution in [3.05, 3.63) is 0 Å². The summed E-state index contributed by atoms with van der Waals surface area (Å²) >= 11 is 0. The normalized spacial score (nSPS) is 17.7. The second kappa shape index (κ2) is 6.21. The van der Waals surface area contributed by atoms with E-state index >= 15 is 0 Å². The molecule has 1 aliphatic rings. The van der Waals surface area contributed by atoms with Gasteiger partial charge in [-0.3, -0.25) is 9.59 Å². The van der Waals surface area contributed by atoms with Gasteiger partial charge in [-0.1, -0.05) is 0 Å². The van der Waals surface area contributed by atoms with E-state index in [9.17, 15) is 27.2 Å². The van der Waals surface area contributed by atoms with Gasteiger partial charge < -0.3 is 10.2 Å². The lowest BCUT2D eigenvalue weighted by Crippen LogP contribution is -2.51. The van der Waals surface area contributed by atoms with E-state index < -0.39 is 18.3 Å². The van der Waals surface area contributed by atoms with Gasteiger partial charge >= 0.3 is 12.3 Å². The Morgan fingerprint density at radius 1 is 1.32 bits per heavy atom. The summed E-state index contributed by atoms with van der Waals surface area (Å²) in [5, 5.41) is 2.60. The Morgan fingerprint density at radius 2 is 1.84 bits per heavy atom. The average Bonchev–Trinajstić information content (AvgIpc) is 2.35. The third-order valence-corrected chi connectivity index (χ3v) is 3.10. The van der Waals surface area contributed by atoms with E-state index in [4.69, 9.17) is 0 Å². The quantitative estimate of drug-likeness (QED) is 0.790. The molecule has 0 aromatic rings. The average molecular weight is 284 g/mol. The third kappa shape index (κ3) is 4.07. The Kier molecular flexibility index (Phi) is 5.13. The van der Waals surface area contributed by atoms with Crippen molar-refractivity contribution in [2.45, 2.75) is 32.1 Å². The standard InChI is InChI=1S/C11H16F4N2O2/c1-7(18)16-6-8-2-4-17(5-3-8)10(19)11(14,15)9(12)13/h8-9H,2-6H2,1H3,(H,16,18). The molecule has 0 saturated carbocycles. The first-order valence-electron chi connectivity index (χ1n) is 5.95. The van der Waals surface area contributed by atoms with Crippen LogP contribution in [0.25, 0.3) is 0 Å². The Morgan fingerprint density at radius 3 is 2.26 bits per heavy atom. The van der Waals surface area contributed by atoms with Crippen LogP contribution in [-0.4, -0.2) is 48.7 Å². The number of nitrogens with zero attached hydrogens (tertiary/aromatic N) is 1. The van der Waals surface area contributed by atoms with Gasteiger partial charge in [0.2, 0.25) is 5.91 Å². The molecule has 1 saturated heterocycles. The summed E-state index contributed by atoms with van der Waals surface area (Å²) in [4.78, 5) is 22.7. The molecule has 1 rings (SSSR count). The van der Waals surface area contributed by atoms with Crippen LogP contribution in [0.4, 0.5) is 17.6 Å². The molecule has 8 heteroatoms. The van der Waals surface area contributed by atoms with Crippen molar-refractivity contribution in [2.75, 3.05) is 19.6 Å². The molecular formula is C11H16F4N2O2. The van der Waals surface area contributed by atoms with E-state index in [0.29, 0.717) is 19.4 Å². The summed E-state index contributed by atoms with van der Waals surface area (Å²) < 4.78 is 49.9. The summed E-state index contributed by atoms with van der Waals surface area (Å²) in [6, 6.07) is 0. The number of carbonyl (C=O) groups is 2. The molecule has 0 aliphatic carbocycles. The second-order valence-electron chi connectivity index (χ2n) is 4.60. The number of alkyl halides is 4. The van der Waals surface area contributed by atoms with Crippen LogP contribution in [-0.2, 0) is 9.59 Å². The van der Waals surface area contributed by atoms with Gasteiger partial charge in [-0.2, -0.15) is 8.78 Å². The maximum Gasteiger partial charge on any atom is 0.383 e. The van der Waals surface area contributed by atoms with Gasteiger partial charge in [-0.15, -0.1) is 0 Å². The first kappa shape index (κ1) is 15.7. The van der Waals surface area contributed by atoms with Crippen LogP contribution in [0.2, 0.25) is 0 Å². The van der Waals surface area contributed by atoms with Crippen LogP contribution >= 0.6 is 0 Å². The lowest BCUT2D eigenvalue weighted by atomic mass is 9.96. The van der Waals surface area contributed by atoms with E-state index in [1.807, 2.05) is 0 Å². The zero-order valence-electron chi connectivity index (χ0n) is 10.5. The molecule has 0 bridgehead atoms. The number of rotatable bonds is 4. The Bertz CT molecular complexity index is 342. The number of hydrogen-bond acceptors (Lipinski definition) is 2. The van der Waals surface area contributed by atoms with Crippen LogP contribution in [0.1, 0.15) is 19.8 Å². The molecule has 0 spiro atoms. The fourth-order valence-electron chi connectivity index (χ4n) is 1.93. The molecule has 2 amide bonds. The molecule has 0 atom stereocenters. The molecule has 1 N–H and O–H groups in total. The van der Waals surface area contributed by atoms with Gasteiger partial charge in [0, 0.05) is 26.6 Å². The highest BCUT2D eigenvalue weighted by Crippen LogP contribution is 2.27. The van der Waals surface area contributed by atoms with Crippen LogP contribution in [0.15, 0.2) is 0 Å². The second-order valence-corrected chi connectivity index (χ2v) is 4.60. The van der Waals surface area contributed by atoms with Gasteiger partial charge in [0.05, 0.1) is 0 Å². The van der Waals surface area contributed by atoms with Crippen molar-refractivity contribution in [3.8, 4) is 0 Å². The smallest absolute Gasteiger partial charge is 0.356 e. The molecule has 4 nitrogen and oxygen atoms in total. The third-order valence-electron chi connectivity index (χ3n) is 3.10. The van der Waals surface area contributed by atoms with Crippen molar-refractivity contribution in [2.24, 2.45) is 5.92 Å². The zero-order valence-corrected chi connectivity index (χ0v) is 10.5. The van der Waals surface area contributed by atoms with Crippen LogP contribution < -0.4 is 5.32 Å². The summed E-state index contributed by atoms with van der Waals surface area (Å²) in [5.41, 5.74) is 0. The number of hydrogen-bond donors (Lipinski definition) is 1. The molecule has 0 aromatic carbocycles. The van der Waals surface area contributed by atoms with E-state index in [1.165, 1.54) is 6.92 Å². The maximum atomic E-state index is 12.9. The van der Waals surface area contributed by atoms with E-state index in [2.05, 4.69) is 5.32 Å². The van der Waals surface area contributed by atoms with Crippen LogP contribution in [0, 0.1) is 5.92 Å². The lowest BCUT2D eigenvalue weighted by Gasteiger charge is -2.33. The lowest BCUT2D eigenvalue weighted by molar-refractivity contribution is -0.181. The summed E-state index contributed by atoms with van der Waals surface area (Å²) in [5.74, 6) is -6.55. The van der Waals surface area contributed by atoms with Gasteiger partial charge in [0.15, 0.2) is 0 Å². The minimum atomic E-state index is -4.62. The van der Waals surface area contributed by atoms with Gasteiger partial charge in [0.1, 0.15) is 0 Å². The topological polar surface area (TPSA) is 49.4 Å². The number of halogens is 4. The van der Waals surface area contributed by atoms with Gasteiger partial charge in [-0.25, -0.2) is 8.78 Å². The molecule has 110 valence electrons. The molecule has 1 aliphatic heterocycles. The van der Waals surface area contributed by atoms with E-state index in [1.54, 1.807) is 0 Å². The summed E-state index contributed by atoms with van der Waals surface area (Å²) in [6.45, 7) is 1.78. The molecular weight excluding hydrogens is 268 g/mol. The fourth-order valence-corrected chi connectivity index (χ4v) is 1.93. The highest BCUT2D eigenvalue weighted by atomic mass is 19.3. The molecule has 1 heterocycles. The monoisotopic (exact) mass is 284 g/mol. The van der Waals surface area contributed by atoms with E-state index in [0.717, 1.165) is 4.90 Å². The Hall–Kier alpha value is -1.34. The van der Waals surface area contributed by atoms with Crippen molar-refractivity contribution in [1.29, 1.82) is 0 Å². The highest BCUT2D eigenvalue weighted by Gasteiger charge is 2.51. The Labute approximate surface area is 108 Å². The van der Waals surface area contributed by atoms with E-state index in [-0.39, 0.29) is 24.9 Å². The maximum absolute atomic E-state index is 12.9. The zero-order chi connectivity index (χ0) is 14.6. The predicted octanol–water partition coefficient (Wildman–Crippen LogP) is 1.26. The highest BCUT2D eigenvalue weighted by molar-refractivity contribution is 5.84. The van der Waals surface area contributed by atoms with Crippen LogP contribution in [0.5, 0.6) is 0 Å². The fraction of sp³-hybridized carbons (Fsp3) is 0.818. The molecule has 0 radical (unpaired) electrons. The summed E-state index contributed by atoms with van der Waals surface area (Å²) in [7, 11) is 0. The number of piperidine rings is 1. The predicted molar refractivity (Wildman–Crippen MR) is 58.9 cm³/mol. The minimum Gasteiger partial charge on any atom is -0.356 e. The number of carbonyl (C=O) groups excluding carboxylic acids is 2. The van der Waals surface area contributed by atoms with Crippen LogP contribution in [0.3, 0.4) is 0 Å². The number of nitrogens with one attached hydrogen (secondary N) is 1. The SMILES string of the molecule is CC(=O)NCC1CCN(C(=O)C(F)(F)C(F)F)CC1. The number of amides is 2. The Balaban J connectivity index is 2.45. The first-order chi connectivity index (χ1) is 8.75. The van der Waals surface area contributed by atoms with Gasteiger partial charge in [0.25, 0.3) is 5.91 Å². The molecule has 0 aromatic heterocycles. The van der Waals surface area contributed by atoms with Crippen molar-refractivity contribution < 1.29 is 27.2 Å². The van der Waals surface area contributed by atoms with Crippen molar-refractivity contribution in [3.63, 3.8) is 0 Å². The molecule has 19 heavy (non-hydrogen) atoms. The van der Waals surface area contributed by atoms with Gasteiger partial charge in [-0.05, 0) is 18.8 Å². The number of likely N-dealkylation sites (tertiary alicyclic amines) is 1. The first-order valence-corrected chi connectivity index (χ1v) is 5.95. The largest absolute Gasteiger partial charge is 0.383 e. The molecule has 1 fully saturated rings. The van der Waals surface area contributed by atoms with Crippen molar-refractivity contribution >= 4 is 11.8 Å².